The zero-order valence-corrected chi connectivity index (χ0v) is 13.9. The highest BCUT2D eigenvalue weighted by molar-refractivity contribution is 6.02. The molecule has 0 aliphatic rings. The number of rotatable bonds is 4. The maximum Gasteiger partial charge on any atom is 0.295 e. The molecule has 0 unspecified atom stereocenters. The number of para-hydroxylation sites is 1. The SMILES string of the molecule is Cc1ccc(CN(C)C)cc1NC(=O)c1nnc2ccccc2n1. The van der Waals surface area contributed by atoms with Gasteiger partial charge in [0, 0.05) is 12.2 Å². The molecule has 0 aliphatic carbocycles. The van der Waals surface area contributed by atoms with E-state index in [4.69, 9.17) is 0 Å². The molecule has 24 heavy (non-hydrogen) atoms. The average Bonchev–Trinajstić information content (AvgIpc) is 2.57. The second-order valence-electron chi connectivity index (χ2n) is 5.97. The van der Waals surface area contributed by atoms with E-state index in [9.17, 15) is 4.79 Å². The first-order valence-electron chi connectivity index (χ1n) is 7.68. The molecule has 0 spiro atoms. The minimum absolute atomic E-state index is 0.0612. The lowest BCUT2D eigenvalue weighted by molar-refractivity contribution is 0.101. The smallest absolute Gasteiger partial charge is 0.295 e. The van der Waals surface area contributed by atoms with Crippen LogP contribution in [0.1, 0.15) is 21.7 Å². The molecular formula is C18H19N5O. The van der Waals surface area contributed by atoms with Crippen molar-refractivity contribution in [2.45, 2.75) is 13.5 Å². The average molecular weight is 321 g/mol. The zero-order chi connectivity index (χ0) is 17.1. The Hall–Kier alpha value is -2.86. The van der Waals surface area contributed by atoms with Crippen LogP contribution in [0.4, 0.5) is 5.69 Å². The molecule has 1 heterocycles. The number of nitrogens with one attached hydrogen (secondary N) is 1. The molecule has 0 bridgehead atoms. The van der Waals surface area contributed by atoms with Crippen molar-refractivity contribution >= 4 is 22.6 Å². The van der Waals surface area contributed by atoms with Crippen molar-refractivity contribution in [3.63, 3.8) is 0 Å². The minimum atomic E-state index is -0.363. The predicted octanol–water partition coefficient (Wildman–Crippen LogP) is 2.65. The molecule has 0 saturated heterocycles. The van der Waals surface area contributed by atoms with E-state index in [1.807, 2.05) is 57.4 Å². The van der Waals surface area contributed by atoms with Gasteiger partial charge in [0.05, 0.1) is 5.52 Å². The van der Waals surface area contributed by atoms with Gasteiger partial charge in [0.2, 0.25) is 5.82 Å². The van der Waals surface area contributed by atoms with Crippen LogP contribution in [0, 0.1) is 6.92 Å². The number of carbonyl (C=O) groups is 1. The molecule has 0 atom stereocenters. The number of aryl methyl sites for hydroxylation is 1. The van der Waals surface area contributed by atoms with Gasteiger partial charge in [-0.3, -0.25) is 4.79 Å². The number of aromatic nitrogens is 3. The molecule has 2 aromatic carbocycles. The number of fused-ring (bicyclic) bond motifs is 1. The summed E-state index contributed by atoms with van der Waals surface area (Å²) < 4.78 is 0. The van der Waals surface area contributed by atoms with Gasteiger partial charge in [0.1, 0.15) is 5.52 Å². The third kappa shape index (κ3) is 3.55. The molecule has 122 valence electrons. The van der Waals surface area contributed by atoms with E-state index in [1.165, 1.54) is 0 Å². The standard InChI is InChI=1S/C18H19N5O/c1-12-8-9-13(11-23(2)3)10-16(12)20-18(24)17-19-14-6-4-5-7-15(14)21-22-17/h4-10H,11H2,1-3H3,(H,20,24). The van der Waals surface area contributed by atoms with Crippen LogP contribution in [0.25, 0.3) is 11.0 Å². The summed E-state index contributed by atoms with van der Waals surface area (Å²) in [5, 5.41) is 10.8. The molecule has 0 aliphatic heterocycles. The lowest BCUT2D eigenvalue weighted by Gasteiger charge is -2.13. The maximum atomic E-state index is 12.5. The van der Waals surface area contributed by atoms with E-state index >= 15 is 0 Å². The molecule has 1 amide bonds. The highest BCUT2D eigenvalue weighted by Crippen LogP contribution is 2.18. The quantitative estimate of drug-likeness (QED) is 0.800. The Morgan fingerprint density at radius 2 is 1.83 bits per heavy atom. The lowest BCUT2D eigenvalue weighted by atomic mass is 10.1. The van der Waals surface area contributed by atoms with Gasteiger partial charge in [0.15, 0.2) is 0 Å². The summed E-state index contributed by atoms with van der Waals surface area (Å²) in [7, 11) is 4.01. The normalized spacial score (nSPS) is 11.0. The second-order valence-corrected chi connectivity index (χ2v) is 5.97. The maximum absolute atomic E-state index is 12.5. The van der Waals surface area contributed by atoms with Crippen LogP contribution < -0.4 is 5.32 Å². The number of hydrogen-bond acceptors (Lipinski definition) is 5. The lowest BCUT2D eigenvalue weighted by Crippen LogP contribution is -2.17. The molecule has 0 fully saturated rings. The van der Waals surface area contributed by atoms with Crippen LogP contribution in [-0.4, -0.2) is 40.1 Å². The minimum Gasteiger partial charge on any atom is -0.319 e. The van der Waals surface area contributed by atoms with Gasteiger partial charge in [-0.15, -0.1) is 10.2 Å². The van der Waals surface area contributed by atoms with E-state index in [0.29, 0.717) is 11.0 Å². The summed E-state index contributed by atoms with van der Waals surface area (Å²) in [6.07, 6.45) is 0. The van der Waals surface area contributed by atoms with Gasteiger partial charge in [-0.1, -0.05) is 24.3 Å². The van der Waals surface area contributed by atoms with Crippen molar-refractivity contribution in [1.82, 2.24) is 20.1 Å². The number of carbonyl (C=O) groups excluding carboxylic acids is 1. The molecule has 6 heteroatoms. The summed E-state index contributed by atoms with van der Waals surface area (Å²) in [5.74, 6) is -0.301. The molecule has 1 N–H and O–H groups in total. The fourth-order valence-corrected chi connectivity index (χ4v) is 2.42. The topological polar surface area (TPSA) is 71.0 Å². The summed E-state index contributed by atoms with van der Waals surface area (Å²) >= 11 is 0. The molecule has 1 aromatic heterocycles. The Morgan fingerprint density at radius 3 is 2.58 bits per heavy atom. The third-order valence-electron chi connectivity index (χ3n) is 3.61. The van der Waals surface area contributed by atoms with E-state index in [1.54, 1.807) is 0 Å². The second kappa shape index (κ2) is 6.72. The monoisotopic (exact) mass is 321 g/mol. The van der Waals surface area contributed by atoms with Crippen molar-refractivity contribution in [2.75, 3.05) is 19.4 Å². The Bertz CT molecular complexity index is 891. The molecular weight excluding hydrogens is 302 g/mol. The molecule has 3 aromatic rings. The van der Waals surface area contributed by atoms with E-state index in [-0.39, 0.29) is 11.7 Å². The van der Waals surface area contributed by atoms with Crippen LogP contribution in [0.2, 0.25) is 0 Å². The predicted molar refractivity (Wildman–Crippen MR) is 93.9 cm³/mol. The number of nitrogens with zero attached hydrogens (tertiary/aromatic N) is 4. The Morgan fingerprint density at radius 1 is 1.08 bits per heavy atom. The first-order chi connectivity index (χ1) is 11.5. The van der Waals surface area contributed by atoms with Gasteiger partial charge in [-0.25, -0.2) is 4.98 Å². The van der Waals surface area contributed by atoms with Gasteiger partial charge in [-0.05, 0) is 50.3 Å². The van der Waals surface area contributed by atoms with Crippen LogP contribution in [0.3, 0.4) is 0 Å². The highest BCUT2D eigenvalue weighted by Gasteiger charge is 2.13. The van der Waals surface area contributed by atoms with Gasteiger partial charge in [0.25, 0.3) is 5.91 Å². The number of hydrogen-bond donors (Lipinski definition) is 1. The summed E-state index contributed by atoms with van der Waals surface area (Å²) in [6, 6.07) is 13.4. The summed E-state index contributed by atoms with van der Waals surface area (Å²) in [5.41, 5.74) is 4.18. The van der Waals surface area contributed by atoms with Crippen LogP contribution in [0.5, 0.6) is 0 Å². The van der Waals surface area contributed by atoms with Crippen LogP contribution >= 0.6 is 0 Å². The highest BCUT2D eigenvalue weighted by atomic mass is 16.2. The van der Waals surface area contributed by atoms with Gasteiger partial charge >= 0.3 is 0 Å². The fraction of sp³-hybridized carbons (Fsp3) is 0.222. The fourth-order valence-electron chi connectivity index (χ4n) is 2.42. The Balaban J connectivity index is 1.85. The van der Waals surface area contributed by atoms with Crippen molar-refractivity contribution < 1.29 is 4.79 Å². The van der Waals surface area contributed by atoms with E-state index in [0.717, 1.165) is 23.4 Å². The third-order valence-corrected chi connectivity index (χ3v) is 3.61. The van der Waals surface area contributed by atoms with Crippen molar-refractivity contribution in [3.05, 3.63) is 59.4 Å². The first-order valence-corrected chi connectivity index (χ1v) is 7.68. The van der Waals surface area contributed by atoms with Crippen molar-refractivity contribution in [2.24, 2.45) is 0 Å². The Labute approximate surface area is 140 Å². The van der Waals surface area contributed by atoms with E-state index < -0.39 is 0 Å². The molecule has 0 saturated carbocycles. The van der Waals surface area contributed by atoms with Crippen molar-refractivity contribution in [3.8, 4) is 0 Å². The van der Waals surface area contributed by atoms with Crippen LogP contribution in [-0.2, 0) is 6.54 Å². The number of benzene rings is 2. The zero-order valence-electron chi connectivity index (χ0n) is 13.9. The number of anilines is 1. The first kappa shape index (κ1) is 16.0. The summed E-state index contributed by atoms with van der Waals surface area (Å²) in [6.45, 7) is 2.76. The van der Waals surface area contributed by atoms with Gasteiger partial charge in [-0.2, -0.15) is 0 Å². The summed E-state index contributed by atoms with van der Waals surface area (Å²) in [4.78, 5) is 18.8. The molecule has 0 radical (unpaired) electrons. The van der Waals surface area contributed by atoms with Crippen LogP contribution in [0.15, 0.2) is 42.5 Å². The van der Waals surface area contributed by atoms with Crippen molar-refractivity contribution in [1.29, 1.82) is 0 Å². The largest absolute Gasteiger partial charge is 0.319 e. The molecule has 6 nitrogen and oxygen atoms in total. The van der Waals surface area contributed by atoms with Gasteiger partial charge < -0.3 is 10.2 Å². The Kier molecular flexibility index (Phi) is 4.48. The molecule has 3 rings (SSSR count). The number of amides is 1. The van der Waals surface area contributed by atoms with E-state index in [2.05, 4.69) is 31.5 Å².